The van der Waals surface area contributed by atoms with Gasteiger partial charge in [-0.15, -0.1) is 0 Å². The zero-order valence-corrected chi connectivity index (χ0v) is 4.62. The van der Waals surface area contributed by atoms with Crippen LogP contribution >= 0.6 is 0 Å². The first kappa shape index (κ1) is 8.26. The maximum atomic E-state index is 11.2. The van der Waals surface area contributed by atoms with Gasteiger partial charge in [0, 0.05) is 6.54 Å². The van der Waals surface area contributed by atoms with Crippen LogP contribution in [0.1, 0.15) is 6.92 Å². The Hall–Kier alpha value is -0.740. The molecule has 0 aliphatic carbocycles. The first-order valence-corrected chi connectivity index (χ1v) is 2.14. The van der Waals surface area contributed by atoms with Gasteiger partial charge >= 0.3 is 12.1 Å². The first-order chi connectivity index (χ1) is 3.98. The van der Waals surface area contributed by atoms with Gasteiger partial charge in [0.1, 0.15) is 0 Å². The third kappa shape index (κ3) is 2.94. The molecule has 0 fully saturated rings. The lowest BCUT2D eigenvalue weighted by molar-refractivity contribution is -0.172. The minimum absolute atomic E-state index is 0.926. The molecule has 1 N–H and O–H groups in total. The topological polar surface area (TPSA) is 29.1 Å². The lowest BCUT2D eigenvalue weighted by atomic mass is 10.6. The van der Waals surface area contributed by atoms with Crippen LogP contribution in [0.15, 0.2) is 0 Å². The SMILES string of the molecule is C[CH]NC(=O)C(F)(F)F. The second-order valence-electron chi connectivity index (χ2n) is 1.26. The Morgan fingerprint density at radius 3 is 2.11 bits per heavy atom. The van der Waals surface area contributed by atoms with Crippen molar-refractivity contribution in [1.82, 2.24) is 5.32 Å². The molecule has 0 spiro atoms. The summed E-state index contributed by atoms with van der Waals surface area (Å²) in [6, 6.07) is 0. The fraction of sp³-hybridized carbons (Fsp3) is 0.500. The van der Waals surface area contributed by atoms with Crippen molar-refractivity contribution < 1.29 is 18.0 Å². The average molecular weight is 140 g/mol. The summed E-state index contributed by atoms with van der Waals surface area (Å²) in [5.41, 5.74) is 0. The molecule has 53 valence electrons. The molecule has 0 aromatic carbocycles. The number of rotatable bonds is 1. The van der Waals surface area contributed by atoms with Crippen molar-refractivity contribution >= 4 is 5.91 Å². The molecule has 0 saturated heterocycles. The molecule has 0 unspecified atom stereocenters. The standard InChI is InChI=1S/C4H5F3NO/c1-2-8-3(9)4(5,6)7/h2H,1H3,(H,8,9). The summed E-state index contributed by atoms with van der Waals surface area (Å²) < 4.78 is 33.6. The Kier molecular flexibility index (Phi) is 2.48. The van der Waals surface area contributed by atoms with Gasteiger partial charge in [0.05, 0.1) is 0 Å². The molecule has 0 saturated carbocycles. The van der Waals surface area contributed by atoms with Crippen LogP contribution in [-0.2, 0) is 4.79 Å². The van der Waals surface area contributed by atoms with Gasteiger partial charge in [-0.05, 0) is 6.92 Å². The number of hydrogen-bond acceptors (Lipinski definition) is 1. The monoisotopic (exact) mass is 140 g/mol. The van der Waals surface area contributed by atoms with Crippen LogP contribution < -0.4 is 5.32 Å². The predicted octanol–water partition coefficient (Wildman–Crippen LogP) is 0.847. The largest absolute Gasteiger partial charge is 0.471 e. The lowest BCUT2D eigenvalue weighted by Gasteiger charge is -2.03. The number of halogens is 3. The molecule has 0 rings (SSSR count). The van der Waals surface area contributed by atoms with Crippen LogP contribution in [-0.4, -0.2) is 12.1 Å². The Morgan fingerprint density at radius 1 is 1.56 bits per heavy atom. The van der Waals surface area contributed by atoms with E-state index in [1.54, 1.807) is 0 Å². The van der Waals surface area contributed by atoms with Crippen molar-refractivity contribution in [3.05, 3.63) is 6.54 Å². The van der Waals surface area contributed by atoms with Crippen LogP contribution in [0.25, 0.3) is 0 Å². The van der Waals surface area contributed by atoms with Crippen LogP contribution in [0.4, 0.5) is 13.2 Å². The summed E-state index contributed by atoms with van der Waals surface area (Å²) in [6.07, 6.45) is -4.77. The van der Waals surface area contributed by atoms with Crippen molar-refractivity contribution in [3.63, 3.8) is 0 Å². The maximum Gasteiger partial charge on any atom is 0.471 e. The first-order valence-electron chi connectivity index (χ1n) is 2.14. The molecule has 0 aliphatic rings. The Morgan fingerprint density at radius 2 is 2.00 bits per heavy atom. The van der Waals surface area contributed by atoms with Crippen LogP contribution in [0.2, 0.25) is 0 Å². The molecular formula is C4H5F3NO. The average Bonchev–Trinajstić information content (AvgIpc) is 1.64. The van der Waals surface area contributed by atoms with Gasteiger partial charge in [-0.1, -0.05) is 0 Å². The molecule has 0 atom stereocenters. The van der Waals surface area contributed by atoms with Crippen molar-refractivity contribution in [1.29, 1.82) is 0 Å². The highest BCUT2D eigenvalue weighted by atomic mass is 19.4. The second-order valence-corrected chi connectivity index (χ2v) is 1.26. The predicted molar refractivity (Wildman–Crippen MR) is 24.2 cm³/mol. The number of carbonyl (C=O) groups excluding carboxylic acids is 1. The summed E-state index contributed by atoms with van der Waals surface area (Å²) in [6.45, 7) is 2.22. The Balaban J connectivity index is 3.74. The van der Waals surface area contributed by atoms with Gasteiger partial charge < -0.3 is 5.32 Å². The zero-order chi connectivity index (χ0) is 7.49. The Bertz CT molecular complexity index is 109. The third-order valence-electron chi connectivity index (χ3n) is 0.533. The van der Waals surface area contributed by atoms with E-state index in [0.29, 0.717) is 0 Å². The summed E-state index contributed by atoms with van der Waals surface area (Å²) in [5.74, 6) is -1.94. The van der Waals surface area contributed by atoms with E-state index in [2.05, 4.69) is 0 Å². The fourth-order valence-electron chi connectivity index (χ4n) is 0.213. The minimum atomic E-state index is -4.77. The molecule has 0 heterocycles. The van der Waals surface area contributed by atoms with Crippen molar-refractivity contribution in [3.8, 4) is 0 Å². The number of alkyl halides is 3. The van der Waals surface area contributed by atoms with Gasteiger partial charge in [-0.2, -0.15) is 13.2 Å². The van der Waals surface area contributed by atoms with Gasteiger partial charge in [0.2, 0.25) is 0 Å². The van der Waals surface area contributed by atoms with E-state index in [-0.39, 0.29) is 0 Å². The Labute approximate surface area is 50.0 Å². The molecule has 5 heteroatoms. The molecule has 0 aromatic rings. The molecule has 9 heavy (non-hydrogen) atoms. The summed E-state index contributed by atoms with van der Waals surface area (Å²) >= 11 is 0. The smallest absolute Gasteiger partial charge is 0.344 e. The molecule has 0 aromatic heterocycles. The molecule has 2 nitrogen and oxygen atoms in total. The van der Waals surface area contributed by atoms with Gasteiger partial charge in [0.25, 0.3) is 0 Å². The molecular weight excluding hydrogens is 135 g/mol. The second kappa shape index (κ2) is 2.70. The summed E-state index contributed by atoms with van der Waals surface area (Å²) in [7, 11) is 0. The maximum absolute atomic E-state index is 11.2. The van der Waals surface area contributed by atoms with Crippen molar-refractivity contribution in [2.75, 3.05) is 0 Å². The van der Waals surface area contributed by atoms with Crippen molar-refractivity contribution in [2.24, 2.45) is 0 Å². The van der Waals surface area contributed by atoms with E-state index >= 15 is 0 Å². The number of hydrogen-bond donors (Lipinski definition) is 1. The van der Waals surface area contributed by atoms with Crippen LogP contribution in [0, 0.1) is 6.54 Å². The molecule has 1 radical (unpaired) electrons. The summed E-state index contributed by atoms with van der Waals surface area (Å²) in [5, 5.41) is 1.50. The van der Waals surface area contributed by atoms with Gasteiger partial charge in [-0.25, -0.2) is 0 Å². The molecule has 0 aliphatic heterocycles. The normalized spacial score (nSPS) is 11.1. The number of carbonyl (C=O) groups is 1. The summed E-state index contributed by atoms with van der Waals surface area (Å²) in [4.78, 5) is 9.80. The highest BCUT2D eigenvalue weighted by molar-refractivity contribution is 5.82. The lowest BCUT2D eigenvalue weighted by Crippen LogP contribution is -2.34. The molecule has 1 amide bonds. The van der Waals surface area contributed by atoms with Crippen LogP contribution in [0.5, 0.6) is 0 Å². The van der Waals surface area contributed by atoms with E-state index in [0.717, 1.165) is 6.54 Å². The van der Waals surface area contributed by atoms with E-state index in [4.69, 9.17) is 0 Å². The van der Waals surface area contributed by atoms with Crippen LogP contribution in [0.3, 0.4) is 0 Å². The van der Waals surface area contributed by atoms with E-state index in [1.807, 2.05) is 0 Å². The van der Waals surface area contributed by atoms with E-state index in [1.165, 1.54) is 12.2 Å². The highest BCUT2D eigenvalue weighted by Gasteiger charge is 2.37. The number of amides is 1. The quantitative estimate of drug-likeness (QED) is 0.574. The van der Waals surface area contributed by atoms with Crippen molar-refractivity contribution in [2.45, 2.75) is 13.1 Å². The van der Waals surface area contributed by atoms with E-state index in [9.17, 15) is 18.0 Å². The number of nitrogens with one attached hydrogen (secondary N) is 1. The minimum Gasteiger partial charge on any atom is -0.344 e. The third-order valence-corrected chi connectivity index (χ3v) is 0.533. The van der Waals surface area contributed by atoms with E-state index < -0.39 is 12.1 Å². The zero-order valence-electron chi connectivity index (χ0n) is 4.62. The molecule has 0 bridgehead atoms. The fourth-order valence-corrected chi connectivity index (χ4v) is 0.213. The van der Waals surface area contributed by atoms with Gasteiger partial charge in [0.15, 0.2) is 0 Å². The van der Waals surface area contributed by atoms with Gasteiger partial charge in [-0.3, -0.25) is 4.79 Å². The highest BCUT2D eigenvalue weighted by Crippen LogP contribution is 2.13.